The Bertz CT molecular complexity index is 546. The van der Waals surface area contributed by atoms with Crippen LogP contribution in [0.25, 0.3) is 0 Å². The average molecular weight is 334 g/mol. The van der Waals surface area contributed by atoms with Gasteiger partial charge in [-0.05, 0) is 12.1 Å². The van der Waals surface area contributed by atoms with Crippen molar-refractivity contribution in [3.8, 4) is 11.5 Å². The molecule has 7 nitrogen and oxygen atoms in total. The standard InChI is InChI=1S/C17H26N4O3/c1-18-17(19-6-7-21-8-10-22-11-9-21)20-12-14-13-23-15-4-2-3-5-16(15)24-14/h2-5,14H,6-13H2,1H3,(H2,18,19,20). The van der Waals surface area contributed by atoms with Crippen molar-refractivity contribution in [1.29, 1.82) is 0 Å². The largest absolute Gasteiger partial charge is 0.486 e. The van der Waals surface area contributed by atoms with E-state index < -0.39 is 0 Å². The van der Waals surface area contributed by atoms with E-state index in [-0.39, 0.29) is 6.10 Å². The fourth-order valence-electron chi connectivity index (χ4n) is 2.75. The molecule has 0 saturated carbocycles. The maximum absolute atomic E-state index is 5.93. The van der Waals surface area contributed by atoms with E-state index in [1.807, 2.05) is 24.3 Å². The molecule has 0 amide bonds. The molecule has 0 radical (unpaired) electrons. The highest BCUT2D eigenvalue weighted by atomic mass is 16.6. The Morgan fingerprint density at radius 3 is 2.79 bits per heavy atom. The fraction of sp³-hybridized carbons (Fsp3) is 0.588. The van der Waals surface area contributed by atoms with E-state index in [2.05, 4.69) is 20.5 Å². The number of hydrogen-bond acceptors (Lipinski definition) is 5. The van der Waals surface area contributed by atoms with Gasteiger partial charge in [-0.2, -0.15) is 0 Å². The van der Waals surface area contributed by atoms with E-state index in [1.54, 1.807) is 7.05 Å². The van der Waals surface area contributed by atoms with Gasteiger partial charge in [0.2, 0.25) is 0 Å². The second-order valence-corrected chi connectivity index (χ2v) is 5.83. The maximum Gasteiger partial charge on any atom is 0.191 e. The van der Waals surface area contributed by atoms with E-state index in [0.29, 0.717) is 13.2 Å². The summed E-state index contributed by atoms with van der Waals surface area (Å²) >= 11 is 0. The number of ether oxygens (including phenoxy) is 3. The molecule has 24 heavy (non-hydrogen) atoms. The molecule has 1 saturated heterocycles. The third kappa shape index (κ3) is 4.75. The summed E-state index contributed by atoms with van der Waals surface area (Å²) in [5, 5.41) is 6.63. The van der Waals surface area contributed by atoms with Gasteiger partial charge in [-0.3, -0.25) is 9.89 Å². The van der Waals surface area contributed by atoms with Gasteiger partial charge >= 0.3 is 0 Å². The summed E-state index contributed by atoms with van der Waals surface area (Å²) in [6.45, 7) is 6.67. The summed E-state index contributed by atoms with van der Waals surface area (Å²) < 4.78 is 17.0. The molecule has 7 heteroatoms. The first kappa shape index (κ1) is 16.9. The zero-order valence-electron chi connectivity index (χ0n) is 14.2. The second kappa shape index (κ2) is 8.75. The van der Waals surface area contributed by atoms with E-state index >= 15 is 0 Å². The number of rotatable bonds is 5. The highest BCUT2D eigenvalue weighted by molar-refractivity contribution is 5.79. The van der Waals surface area contributed by atoms with E-state index in [9.17, 15) is 0 Å². The van der Waals surface area contributed by atoms with Crippen LogP contribution in [0.4, 0.5) is 0 Å². The Kier molecular flexibility index (Phi) is 6.14. The number of nitrogens with zero attached hydrogens (tertiary/aromatic N) is 2. The van der Waals surface area contributed by atoms with Gasteiger partial charge in [-0.25, -0.2) is 0 Å². The Morgan fingerprint density at radius 2 is 2.00 bits per heavy atom. The molecule has 0 bridgehead atoms. The van der Waals surface area contributed by atoms with E-state index in [4.69, 9.17) is 14.2 Å². The third-order valence-electron chi connectivity index (χ3n) is 4.11. The van der Waals surface area contributed by atoms with E-state index in [0.717, 1.165) is 56.9 Å². The first-order valence-electron chi connectivity index (χ1n) is 8.48. The second-order valence-electron chi connectivity index (χ2n) is 5.83. The monoisotopic (exact) mass is 334 g/mol. The zero-order valence-corrected chi connectivity index (χ0v) is 14.2. The van der Waals surface area contributed by atoms with Gasteiger partial charge in [0, 0.05) is 33.2 Å². The van der Waals surface area contributed by atoms with Crippen LogP contribution in [0.3, 0.4) is 0 Å². The molecule has 1 fully saturated rings. The molecule has 2 heterocycles. The van der Waals surface area contributed by atoms with Crippen molar-refractivity contribution in [2.75, 3.05) is 59.6 Å². The minimum atomic E-state index is -0.0299. The van der Waals surface area contributed by atoms with E-state index in [1.165, 1.54) is 0 Å². The molecule has 2 aliphatic heterocycles. The number of fused-ring (bicyclic) bond motifs is 1. The zero-order chi connectivity index (χ0) is 16.6. The minimum Gasteiger partial charge on any atom is -0.486 e. The quantitative estimate of drug-likeness (QED) is 0.597. The van der Waals surface area contributed by atoms with Gasteiger partial charge in [0.05, 0.1) is 19.8 Å². The SMILES string of the molecule is CN=C(NCCN1CCOCC1)NCC1COc2ccccc2O1. The van der Waals surface area contributed by atoms with Gasteiger partial charge in [0.1, 0.15) is 12.7 Å². The van der Waals surface area contributed by atoms with Crippen molar-refractivity contribution in [2.24, 2.45) is 4.99 Å². The lowest BCUT2D eigenvalue weighted by molar-refractivity contribution is 0.0389. The predicted octanol–water partition coefficient (Wildman–Crippen LogP) is 0.324. The Labute approximate surface area is 143 Å². The van der Waals surface area contributed by atoms with Crippen LogP contribution in [-0.2, 0) is 4.74 Å². The molecule has 3 rings (SSSR count). The summed E-state index contributed by atoms with van der Waals surface area (Å²) in [7, 11) is 1.78. The minimum absolute atomic E-state index is 0.0299. The Balaban J connectivity index is 1.37. The van der Waals surface area contributed by atoms with Crippen LogP contribution in [0.1, 0.15) is 0 Å². The normalized spacial score (nSPS) is 21.4. The number of nitrogens with one attached hydrogen (secondary N) is 2. The molecule has 0 spiro atoms. The molecule has 132 valence electrons. The fourth-order valence-corrected chi connectivity index (χ4v) is 2.75. The number of para-hydroxylation sites is 2. The molecule has 2 N–H and O–H groups in total. The van der Waals surface area contributed by atoms with Crippen LogP contribution >= 0.6 is 0 Å². The lowest BCUT2D eigenvalue weighted by Gasteiger charge is -2.28. The summed E-state index contributed by atoms with van der Waals surface area (Å²) in [4.78, 5) is 6.64. The smallest absolute Gasteiger partial charge is 0.191 e. The van der Waals surface area contributed by atoms with Crippen molar-refractivity contribution in [3.05, 3.63) is 24.3 Å². The first-order chi connectivity index (χ1) is 11.8. The molecule has 1 unspecified atom stereocenters. The van der Waals surface area contributed by atoms with Crippen molar-refractivity contribution in [1.82, 2.24) is 15.5 Å². The van der Waals surface area contributed by atoms with Crippen LogP contribution in [0, 0.1) is 0 Å². The van der Waals surface area contributed by atoms with Gasteiger partial charge in [0.25, 0.3) is 0 Å². The van der Waals surface area contributed by atoms with Crippen LogP contribution in [-0.4, -0.2) is 76.6 Å². The lowest BCUT2D eigenvalue weighted by Crippen LogP contribution is -2.47. The van der Waals surface area contributed by atoms with Crippen molar-refractivity contribution in [2.45, 2.75) is 6.10 Å². The molecule has 1 aromatic carbocycles. The number of hydrogen-bond donors (Lipinski definition) is 2. The summed E-state index contributed by atoms with van der Waals surface area (Å²) in [5.41, 5.74) is 0. The van der Waals surface area contributed by atoms with Crippen molar-refractivity contribution >= 4 is 5.96 Å². The first-order valence-corrected chi connectivity index (χ1v) is 8.48. The molecular weight excluding hydrogens is 308 g/mol. The highest BCUT2D eigenvalue weighted by Crippen LogP contribution is 2.30. The third-order valence-corrected chi connectivity index (χ3v) is 4.11. The molecule has 2 aliphatic rings. The van der Waals surface area contributed by atoms with Gasteiger partial charge in [-0.1, -0.05) is 12.1 Å². The highest BCUT2D eigenvalue weighted by Gasteiger charge is 2.20. The molecule has 1 aromatic rings. The van der Waals surface area contributed by atoms with Gasteiger partial charge < -0.3 is 24.8 Å². The maximum atomic E-state index is 5.93. The average Bonchev–Trinajstić information content (AvgIpc) is 2.65. The van der Waals surface area contributed by atoms with Gasteiger partial charge in [-0.15, -0.1) is 0 Å². The predicted molar refractivity (Wildman–Crippen MR) is 93.0 cm³/mol. The van der Waals surface area contributed by atoms with Crippen LogP contribution in [0.2, 0.25) is 0 Å². The summed E-state index contributed by atoms with van der Waals surface area (Å²) in [6, 6.07) is 7.74. The number of aliphatic imine (C=N–C) groups is 1. The number of morpholine rings is 1. The van der Waals surface area contributed by atoms with Crippen LogP contribution in [0.5, 0.6) is 11.5 Å². The summed E-state index contributed by atoms with van der Waals surface area (Å²) in [6.07, 6.45) is -0.0299. The Hall–Kier alpha value is -1.99. The number of benzene rings is 1. The molecule has 0 aliphatic carbocycles. The van der Waals surface area contributed by atoms with Crippen LogP contribution in [0.15, 0.2) is 29.3 Å². The summed E-state index contributed by atoms with van der Waals surface area (Å²) in [5.74, 6) is 2.39. The topological polar surface area (TPSA) is 67.4 Å². The van der Waals surface area contributed by atoms with Crippen molar-refractivity contribution in [3.63, 3.8) is 0 Å². The molecule has 0 aromatic heterocycles. The van der Waals surface area contributed by atoms with Crippen molar-refractivity contribution < 1.29 is 14.2 Å². The van der Waals surface area contributed by atoms with Crippen LogP contribution < -0.4 is 20.1 Å². The Morgan fingerprint density at radius 1 is 1.21 bits per heavy atom. The molecule has 1 atom stereocenters. The molecular formula is C17H26N4O3. The van der Waals surface area contributed by atoms with Gasteiger partial charge in [0.15, 0.2) is 17.5 Å². The lowest BCUT2D eigenvalue weighted by atomic mass is 10.2. The number of guanidine groups is 1.